The van der Waals surface area contributed by atoms with E-state index in [0.717, 1.165) is 0 Å². The van der Waals surface area contributed by atoms with Crippen LogP contribution < -0.4 is 11.1 Å². The van der Waals surface area contributed by atoms with E-state index in [1.165, 1.54) is 43.9 Å². The number of nitrogens with two attached hydrogens (primary N) is 1. The number of nitrogens with one attached hydrogen (secondary N) is 1. The van der Waals surface area contributed by atoms with E-state index in [1.807, 2.05) is 0 Å². The first-order chi connectivity index (χ1) is 8.65. The van der Waals surface area contributed by atoms with Crippen LogP contribution in [0.15, 0.2) is 18.2 Å². The lowest BCUT2D eigenvalue weighted by molar-refractivity contribution is 0.0927. The first-order valence-corrected chi connectivity index (χ1v) is 6.51. The van der Waals surface area contributed by atoms with Crippen molar-refractivity contribution in [3.63, 3.8) is 0 Å². The number of carbonyl (C=O) groups excluding carboxylic acids is 1. The van der Waals surface area contributed by atoms with Crippen molar-refractivity contribution in [1.82, 2.24) is 5.32 Å². The number of benzene rings is 1. The maximum absolute atomic E-state index is 13.2. The summed E-state index contributed by atoms with van der Waals surface area (Å²) in [5, 5.41) is 3.04. The minimum absolute atomic E-state index is 0.240. The van der Waals surface area contributed by atoms with Crippen molar-refractivity contribution in [2.45, 2.75) is 31.7 Å². The highest BCUT2D eigenvalue weighted by atomic mass is 19.1. The van der Waals surface area contributed by atoms with E-state index in [-0.39, 0.29) is 17.5 Å². The fourth-order valence-electron chi connectivity index (χ4n) is 2.49. The molecular formula is C14H17FN2O. The first kappa shape index (κ1) is 11.5. The molecule has 0 aliphatic heterocycles. The van der Waals surface area contributed by atoms with Gasteiger partial charge in [0.1, 0.15) is 5.82 Å². The van der Waals surface area contributed by atoms with Gasteiger partial charge in [-0.3, -0.25) is 4.79 Å². The lowest BCUT2D eigenvalue weighted by Gasteiger charge is -2.18. The Balaban J connectivity index is 1.75. The first-order valence-electron chi connectivity index (χ1n) is 6.51. The molecule has 0 saturated heterocycles. The fourth-order valence-corrected chi connectivity index (χ4v) is 2.49. The third-order valence-corrected chi connectivity index (χ3v) is 3.82. The SMILES string of the molecule is Nc1ccc(F)cc1C(=O)NC(C1CC1)C1CC1. The molecule has 2 fully saturated rings. The highest BCUT2D eigenvalue weighted by Gasteiger charge is 2.42. The maximum Gasteiger partial charge on any atom is 0.253 e. The van der Waals surface area contributed by atoms with Crippen molar-refractivity contribution in [2.24, 2.45) is 11.8 Å². The summed E-state index contributed by atoms with van der Waals surface area (Å²) < 4.78 is 13.2. The molecule has 0 radical (unpaired) electrons. The second-order valence-corrected chi connectivity index (χ2v) is 5.41. The van der Waals surface area contributed by atoms with Crippen LogP contribution in [0.2, 0.25) is 0 Å². The summed E-state index contributed by atoms with van der Waals surface area (Å²) in [6.07, 6.45) is 4.78. The van der Waals surface area contributed by atoms with Crippen molar-refractivity contribution in [2.75, 3.05) is 5.73 Å². The van der Waals surface area contributed by atoms with Gasteiger partial charge in [-0.25, -0.2) is 4.39 Å². The Morgan fingerprint density at radius 1 is 1.28 bits per heavy atom. The van der Waals surface area contributed by atoms with Crippen LogP contribution >= 0.6 is 0 Å². The third-order valence-electron chi connectivity index (χ3n) is 3.82. The van der Waals surface area contributed by atoms with Crippen molar-refractivity contribution in [3.8, 4) is 0 Å². The molecular weight excluding hydrogens is 231 g/mol. The van der Waals surface area contributed by atoms with Gasteiger partial charge in [-0.05, 0) is 55.7 Å². The van der Waals surface area contributed by atoms with Gasteiger partial charge in [0.25, 0.3) is 5.91 Å². The maximum atomic E-state index is 13.2. The molecule has 0 unspecified atom stereocenters. The zero-order chi connectivity index (χ0) is 12.7. The molecule has 0 bridgehead atoms. The van der Waals surface area contributed by atoms with E-state index in [1.54, 1.807) is 0 Å². The largest absolute Gasteiger partial charge is 0.398 e. The Hall–Kier alpha value is -1.58. The van der Waals surface area contributed by atoms with Gasteiger partial charge >= 0.3 is 0 Å². The Morgan fingerprint density at radius 3 is 2.44 bits per heavy atom. The lowest BCUT2D eigenvalue weighted by Crippen LogP contribution is -2.38. The summed E-state index contributed by atoms with van der Waals surface area (Å²) in [6.45, 7) is 0. The van der Waals surface area contributed by atoms with Crippen LogP contribution in [0.25, 0.3) is 0 Å². The quantitative estimate of drug-likeness (QED) is 0.803. The molecule has 96 valence electrons. The van der Waals surface area contributed by atoms with Crippen LogP contribution in [0.3, 0.4) is 0 Å². The molecule has 1 amide bonds. The van der Waals surface area contributed by atoms with Crippen LogP contribution in [-0.4, -0.2) is 11.9 Å². The molecule has 18 heavy (non-hydrogen) atoms. The molecule has 0 aromatic heterocycles. The minimum atomic E-state index is -0.427. The molecule has 2 aliphatic rings. The van der Waals surface area contributed by atoms with E-state index in [9.17, 15) is 9.18 Å². The lowest BCUT2D eigenvalue weighted by atomic mass is 10.1. The summed E-state index contributed by atoms with van der Waals surface area (Å²) in [5.74, 6) is 0.576. The molecule has 3 nitrogen and oxygen atoms in total. The smallest absolute Gasteiger partial charge is 0.253 e. The van der Waals surface area contributed by atoms with E-state index < -0.39 is 5.82 Å². The Bertz CT molecular complexity index is 469. The molecule has 0 atom stereocenters. The summed E-state index contributed by atoms with van der Waals surface area (Å²) in [4.78, 5) is 12.1. The molecule has 3 N–H and O–H groups in total. The second-order valence-electron chi connectivity index (χ2n) is 5.41. The molecule has 2 saturated carbocycles. The van der Waals surface area contributed by atoms with Crippen LogP contribution in [0.1, 0.15) is 36.0 Å². The predicted octanol–water partition coefficient (Wildman–Crippen LogP) is 2.33. The van der Waals surface area contributed by atoms with Gasteiger partial charge in [0, 0.05) is 11.7 Å². The zero-order valence-electron chi connectivity index (χ0n) is 10.2. The highest BCUT2D eigenvalue weighted by molar-refractivity contribution is 5.99. The van der Waals surface area contributed by atoms with Gasteiger partial charge in [-0.2, -0.15) is 0 Å². The third kappa shape index (κ3) is 2.33. The summed E-state index contributed by atoms with van der Waals surface area (Å²) >= 11 is 0. The molecule has 2 aliphatic carbocycles. The van der Waals surface area contributed by atoms with Gasteiger partial charge in [0.15, 0.2) is 0 Å². The molecule has 4 heteroatoms. The van der Waals surface area contributed by atoms with E-state index in [2.05, 4.69) is 5.32 Å². The average Bonchev–Trinajstić information content (AvgIpc) is 3.21. The Kier molecular flexibility index (Phi) is 2.73. The van der Waals surface area contributed by atoms with Gasteiger partial charge in [-0.1, -0.05) is 0 Å². The number of halogens is 1. The minimum Gasteiger partial charge on any atom is -0.398 e. The van der Waals surface area contributed by atoms with Crippen LogP contribution in [0.5, 0.6) is 0 Å². The van der Waals surface area contributed by atoms with Crippen molar-refractivity contribution >= 4 is 11.6 Å². The van der Waals surface area contributed by atoms with Crippen LogP contribution in [-0.2, 0) is 0 Å². The average molecular weight is 248 g/mol. The summed E-state index contributed by atoms with van der Waals surface area (Å²) in [5.41, 5.74) is 6.31. The van der Waals surface area contributed by atoms with E-state index >= 15 is 0 Å². The van der Waals surface area contributed by atoms with Gasteiger partial charge < -0.3 is 11.1 Å². The van der Waals surface area contributed by atoms with Crippen molar-refractivity contribution in [3.05, 3.63) is 29.6 Å². The van der Waals surface area contributed by atoms with E-state index in [4.69, 9.17) is 5.73 Å². The number of nitrogen functional groups attached to an aromatic ring is 1. The molecule has 1 aromatic rings. The number of anilines is 1. The number of hydrogen-bond acceptors (Lipinski definition) is 2. The molecule has 1 aromatic carbocycles. The molecule has 0 heterocycles. The Labute approximate surface area is 106 Å². The summed E-state index contributed by atoms with van der Waals surface area (Å²) in [7, 11) is 0. The Morgan fingerprint density at radius 2 is 1.89 bits per heavy atom. The highest BCUT2D eigenvalue weighted by Crippen LogP contribution is 2.44. The topological polar surface area (TPSA) is 55.1 Å². The molecule has 0 spiro atoms. The van der Waals surface area contributed by atoms with Gasteiger partial charge in [0.05, 0.1) is 5.56 Å². The predicted molar refractivity (Wildman–Crippen MR) is 67.5 cm³/mol. The number of amides is 1. The van der Waals surface area contributed by atoms with Gasteiger partial charge in [0.2, 0.25) is 0 Å². The number of carbonyl (C=O) groups is 1. The van der Waals surface area contributed by atoms with Crippen molar-refractivity contribution < 1.29 is 9.18 Å². The van der Waals surface area contributed by atoms with Crippen molar-refractivity contribution in [1.29, 1.82) is 0 Å². The second kappa shape index (κ2) is 4.26. The van der Waals surface area contributed by atoms with Crippen LogP contribution in [0, 0.1) is 17.7 Å². The summed E-state index contributed by atoms with van der Waals surface area (Å²) in [6, 6.07) is 4.18. The standard InChI is InChI=1S/C14H17FN2O/c15-10-5-6-12(16)11(7-10)14(18)17-13(8-1-2-8)9-3-4-9/h5-9,13H,1-4,16H2,(H,17,18). The normalized spacial score (nSPS) is 19.0. The monoisotopic (exact) mass is 248 g/mol. The fraction of sp³-hybridized carbons (Fsp3) is 0.500. The number of rotatable bonds is 4. The van der Waals surface area contributed by atoms with Gasteiger partial charge in [-0.15, -0.1) is 0 Å². The zero-order valence-corrected chi connectivity index (χ0v) is 10.2. The van der Waals surface area contributed by atoms with E-state index in [0.29, 0.717) is 17.5 Å². The van der Waals surface area contributed by atoms with Crippen LogP contribution in [0.4, 0.5) is 10.1 Å². The number of hydrogen-bond donors (Lipinski definition) is 2. The molecule has 3 rings (SSSR count).